The number of aromatic nitrogens is 3. The fraction of sp³-hybridized carbons (Fsp3) is 0.385. The van der Waals surface area contributed by atoms with Crippen molar-refractivity contribution in [2.75, 3.05) is 43.4 Å². The van der Waals surface area contributed by atoms with Crippen LogP contribution in [-0.2, 0) is 0 Å². The van der Waals surface area contributed by atoms with Crippen molar-refractivity contribution in [2.24, 2.45) is 0 Å². The number of hydrogen-bond acceptors (Lipinski definition) is 7. The lowest BCUT2D eigenvalue weighted by Crippen LogP contribution is -2.49. The molecule has 0 aromatic carbocycles. The number of nitrogens with one attached hydrogen (secondary N) is 1. The number of rotatable bonds is 3. The minimum absolute atomic E-state index is 0.0658. The molecule has 3 rings (SSSR count). The van der Waals surface area contributed by atoms with Crippen LogP contribution >= 0.6 is 11.3 Å². The zero-order valence-corrected chi connectivity index (χ0v) is 12.5. The summed E-state index contributed by atoms with van der Waals surface area (Å²) in [5.74, 6) is 0.587. The van der Waals surface area contributed by atoms with Gasteiger partial charge in [0.05, 0.1) is 0 Å². The molecule has 2 aromatic heterocycles. The number of carbonyl (C=O) groups is 1. The number of anilines is 2. The van der Waals surface area contributed by atoms with Crippen LogP contribution in [0.2, 0.25) is 0 Å². The van der Waals surface area contributed by atoms with Gasteiger partial charge >= 0.3 is 0 Å². The smallest absolute Gasteiger partial charge is 0.274 e. The molecule has 1 aliphatic heterocycles. The summed E-state index contributed by atoms with van der Waals surface area (Å²) in [6, 6.07) is 3.46. The molecule has 0 atom stereocenters. The minimum Gasteiger partial charge on any atom is -0.372 e. The predicted octanol–water partition coefficient (Wildman–Crippen LogP) is 0.937. The quantitative estimate of drug-likeness (QED) is 0.909. The summed E-state index contributed by atoms with van der Waals surface area (Å²) in [7, 11) is 1.77. The first-order valence-electron chi connectivity index (χ1n) is 6.73. The summed E-state index contributed by atoms with van der Waals surface area (Å²) in [6.45, 7) is 2.93. The Balaban J connectivity index is 1.62. The third kappa shape index (κ3) is 2.94. The Labute approximate surface area is 126 Å². The van der Waals surface area contributed by atoms with Gasteiger partial charge in [0.15, 0.2) is 10.8 Å². The van der Waals surface area contributed by atoms with Gasteiger partial charge in [0, 0.05) is 44.8 Å². The molecule has 1 fully saturated rings. The molecule has 0 aliphatic carbocycles. The Bertz CT molecular complexity index is 592. The van der Waals surface area contributed by atoms with E-state index >= 15 is 0 Å². The summed E-state index contributed by atoms with van der Waals surface area (Å²) in [6.07, 6.45) is 1.80. The zero-order chi connectivity index (χ0) is 14.7. The molecule has 1 aliphatic rings. The summed E-state index contributed by atoms with van der Waals surface area (Å²) in [5.41, 5.74) is 0.386. The van der Waals surface area contributed by atoms with Gasteiger partial charge in [0.25, 0.3) is 5.91 Å². The lowest BCUT2D eigenvalue weighted by atomic mass is 10.2. The van der Waals surface area contributed by atoms with Gasteiger partial charge in [0.2, 0.25) is 0 Å². The Morgan fingerprint density at radius 1 is 1.24 bits per heavy atom. The number of hydrogen-bond donors (Lipinski definition) is 1. The Morgan fingerprint density at radius 2 is 2.05 bits per heavy atom. The van der Waals surface area contributed by atoms with Crippen LogP contribution in [0.1, 0.15) is 10.5 Å². The van der Waals surface area contributed by atoms with Crippen LogP contribution in [0, 0.1) is 0 Å². The summed E-state index contributed by atoms with van der Waals surface area (Å²) in [4.78, 5) is 20.7. The molecule has 3 heterocycles. The van der Waals surface area contributed by atoms with Gasteiger partial charge in [0.1, 0.15) is 5.82 Å². The topological polar surface area (TPSA) is 74.2 Å². The van der Waals surface area contributed by atoms with Crippen molar-refractivity contribution in [2.45, 2.75) is 0 Å². The van der Waals surface area contributed by atoms with Gasteiger partial charge in [-0.1, -0.05) is 0 Å². The summed E-state index contributed by atoms with van der Waals surface area (Å²) in [5, 5.41) is 13.8. The standard InChI is InChI=1S/C13H16N6OS/c1-14-11-3-2-10(16-17-11)12(20)18-5-7-19(8-6-18)13-15-4-9-21-13/h2-4,9H,5-8H2,1H3,(H,14,17). The first-order chi connectivity index (χ1) is 10.3. The molecular formula is C13H16N6OS. The Morgan fingerprint density at radius 3 is 2.62 bits per heavy atom. The van der Waals surface area contributed by atoms with Crippen LogP contribution in [-0.4, -0.2) is 59.2 Å². The largest absolute Gasteiger partial charge is 0.372 e. The van der Waals surface area contributed by atoms with Crippen molar-refractivity contribution < 1.29 is 4.79 Å². The van der Waals surface area contributed by atoms with Gasteiger partial charge in [-0.3, -0.25) is 4.79 Å². The maximum Gasteiger partial charge on any atom is 0.274 e. The van der Waals surface area contributed by atoms with Crippen molar-refractivity contribution in [1.29, 1.82) is 0 Å². The SMILES string of the molecule is CNc1ccc(C(=O)N2CCN(c3nccs3)CC2)nn1. The second kappa shape index (κ2) is 6.04. The number of nitrogens with zero attached hydrogens (tertiary/aromatic N) is 5. The average Bonchev–Trinajstić information content (AvgIpc) is 3.09. The third-order valence-corrected chi connectivity index (χ3v) is 4.23. The average molecular weight is 304 g/mol. The highest BCUT2D eigenvalue weighted by atomic mass is 32.1. The number of amides is 1. The van der Waals surface area contributed by atoms with Gasteiger partial charge in [-0.25, -0.2) is 4.98 Å². The first-order valence-corrected chi connectivity index (χ1v) is 7.61. The van der Waals surface area contributed by atoms with Crippen molar-refractivity contribution in [3.05, 3.63) is 29.4 Å². The molecule has 7 nitrogen and oxygen atoms in total. The molecule has 1 saturated heterocycles. The highest BCUT2D eigenvalue weighted by Gasteiger charge is 2.24. The predicted molar refractivity (Wildman–Crippen MR) is 81.8 cm³/mol. The summed E-state index contributed by atoms with van der Waals surface area (Å²) >= 11 is 1.62. The van der Waals surface area contributed by atoms with Crippen LogP contribution in [0.4, 0.5) is 10.9 Å². The highest BCUT2D eigenvalue weighted by molar-refractivity contribution is 7.13. The van der Waals surface area contributed by atoms with Crippen LogP contribution < -0.4 is 10.2 Å². The van der Waals surface area contributed by atoms with Crippen molar-refractivity contribution >= 4 is 28.2 Å². The minimum atomic E-state index is -0.0658. The number of carbonyl (C=O) groups excluding carboxylic acids is 1. The first kappa shape index (κ1) is 13.7. The van der Waals surface area contributed by atoms with E-state index in [1.807, 2.05) is 10.3 Å². The van der Waals surface area contributed by atoms with Gasteiger partial charge in [-0.15, -0.1) is 21.5 Å². The molecule has 1 amide bonds. The molecular weight excluding hydrogens is 288 g/mol. The maximum atomic E-state index is 12.4. The maximum absolute atomic E-state index is 12.4. The van der Waals surface area contributed by atoms with Gasteiger partial charge in [-0.05, 0) is 12.1 Å². The van der Waals surface area contributed by atoms with Crippen LogP contribution in [0.3, 0.4) is 0 Å². The molecule has 110 valence electrons. The molecule has 0 unspecified atom stereocenters. The molecule has 2 aromatic rings. The van der Waals surface area contributed by atoms with E-state index in [4.69, 9.17) is 0 Å². The lowest BCUT2D eigenvalue weighted by Gasteiger charge is -2.34. The fourth-order valence-electron chi connectivity index (χ4n) is 2.21. The van der Waals surface area contributed by atoms with Crippen LogP contribution in [0.25, 0.3) is 0 Å². The molecule has 1 N–H and O–H groups in total. The molecule has 8 heteroatoms. The van der Waals surface area contributed by atoms with Gasteiger partial charge < -0.3 is 15.1 Å². The van der Waals surface area contributed by atoms with Crippen molar-refractivity contribution in [1.82, 2.24) is 20.1 Å². The molecule has 0 bridgehead atoms. The molecule has 0 radical (unpaired) electrons. The van der Waals surface area contributed by atoms with E-state index in [2.05, 4.69) is 25.4 Å². The monoisotopic (exact) mass is 304 g/mol. The third-order valence-electron chi connectivity index (χ3n) is 3.40. The number of piperazine rings is 1. The van der Waals surface area contributed by atoms with E-state index in [1.54, 1.807) is 36.7 Å². The van der Waals surface area contributed by atoms with E-state index < -0.39 is 0 Å². The normalized spacial score (nSPS) is 15.1. The van der Waals surface area contributed by atoms with E-state index in [9.17, 15) is 4.79 Å². The lowest BCUT2D eigenvalue weighted by molar-refractivity contribution is 0.0739. The fourth-order valence-corrected chi connectivity index (χ4v) is 2.91. The van der Waals surface area contributed by atoms with Crippen LogP contribution in [0.5, 0.6) is 0 Å². The molecule has 0 saturated carbocycles. The van der Waals surface area contributed by atoms with E-state index in [0.717, 1.165) is 18.2 Å². The Kier molecular flexibility index (Phi) is 3.96. The molecule has 0 spiro atoms. The van der Waals surface area contributed by atoms with E-state index in [1.165, 1.54) is 0 Å². The second-order valence-electron chi connectivity index (χ2n) is 4.65. The number of thiazole rings is 1. The van der Waals surface area contributed by atoms with E-state index in [0.29, 0.717) is 24.6 Å². The second-order valence-corrected chi connectivity index (χ2v) is 5.52. The Hall–Kier alpha value is -2.22. The molecule has 21 heavy (non-hydrogen) atoms. The van der Waals surface area contributed by atoms with Gasteiger partial charge in [-0.2, -0.15) is 0 Å². The van der Waals surface area contributed by atoms with Crippen molar-refractivity contribution in [3.8, 4) is 0 Å². The van der Waals surface area contributed by atoms with Crippen LogP contribution in [0.15, 0.2) is 23.7 Å². The zero-order valence-electron chi connectivity index (χ0n) is 11.7. The highest BCUT2D eigenvalue weighted by Crippen LogP contribution is 2.19. The van der Waals surface area contributed by atoms with Crippen molar-refractivity contribution in [3.63, 3.8) is 0 Å². The van der Waals surface area contributed by atoms with E-state index in [-0.39, 0.29) is 5.91 Å². The summed E-state index contributed by atoms with van der Waals surface area (Å²) < 4.78 is 0.